The van der Waals surface area contributed by atoms with Crippen molar-refractivity contribution in [2.45, 2.75) is 63.7 Å². The van der Waals surface area contributed by atoms with Crippen LogP contribution in [0, 0.1) is 0 Å². The van der Waals surface area contributed by atoms with Crippen LogP contribution in [0.5, 0.6) is 0 Å². The zero-order valence-corrected chi connectivity index (χ0v) is 20.1. The summed E-state index contributed by atoms with van der Waals surface area (Å²) in [4.78, 5) is 27.2. The highest BCUT2D eigenvalue weighted by molar-refractivity contribution is 5.84. The standard InChI is InChI=1S/C27H37N5O/c1-3-12-28-17-23(22-9-7-21(8-10-22)20-5-6-20)27(33)32-15-13-31(14-16-32)26-25-19(2)4-11-24(25)29-18-30-26/h7-10,18-20,23,28H,3-6,11-17H2,1-2H3. The zero-order chi connectivity index (χ0) is 22.8. The first-order valence-electron chi connectivity index (χ1n) is 12.8. The number of piperazine rings is 1. The number of hydrogen-bond acceptors (Lipinski definition) is 5. The molecule has 1 aromatic heterocycles. The summed E-state index contributed by atoms with van der Waals surface area (Å²) in [7, 11) is 0. The zero-order valence-electron chi connectivity index (χ0n) is 20.1. The van der Waals surface area contributed by atoms with Gasteiger partial charge in [0.25, 0.3) is 0 Å². The van der Waals surface area contributed by atoms with Crippen LogP contribution >= 0.6 is 0 Å². The van der Waals surface area contributed by atoms with Crippen LogP contribution in [0.25, 0.3) is 0 Å². The lowest BCUT2D eigenvalue weighted by Gasteiger charge is -2.38. The van der Waals surface area contributed by atoms with Gasteiger partial charge in [-0.25, -0.2) is 9.97 Å². The second kappa shape index (κ2) is 9.80. The third-order valence-electron chi connectivity index (χ3n) is 7.60. The van der Waals surface area contributed by atoms with Gasteiger partial charge in [-0.2, -0.15) is 0 Å². The minimum absolute atomic E-state index is 0.125. The van der Waals surface area contributed by atoms with Crippen molar-refractivity contribution >= 4 is 11.7 Å². The summed E-state index contributed by atoms with van der Waals surface area (Å²) in [5.41, 5.74) is 5.10. The van der Waals surface area contributed by atoms with Gasteiger partial charge in [0.05, 0.1) is 5.92 Å². The summed E-state index contributed by atoms with van der Waals surface area (Å²) >= 11 is 0. The van der Waals surface area contributed by atoms with Gasteiger partial charge in [0.15, 0.2) is 0 Å². The topological polar surface area (TPSA) is 61.4 Å². The fourth-order valence-corrected chi connectivity index (χ4v) is 5.42. The largest absolute Gasteiger partial charge is 0.353 e. The second-order valence-electron chi connectivity index (χ2n) is 10.0. The average molecular weight is 448 g/mol. The Bertz CT molecular complexity index is 963. The van der Waals surface area contributed by atoms with E-state index in [-0.39, 0.29) is 11.8 Å². The number of nitrogens with zero attached hydrogens (tertiary/aromatic N) is 4. The van der Waals surface area contributed by atoms with E-state index in [1.807, 2.05) is 0 Å². The SMILES string of the molecule is CCCNCC(C(=O)N1CCN(c2ncnc3c2C(C)CC3)CC1)c1ccc(C2CC2)cc1. The molecule has 2 atom stereocenters. The van der Waals surface area contributed by atoms with E-state index in [9.17, 15) is 4.79 Å². The number of aryl methyl sites for hydroxylation is 1. The molecule has 2 aliphatic carbocycles. The molecule has 2 aromatic rings. The molecule has 2 heterocycles. The lowest BCUT2D eigenvalue weighted by atomic mass is 9.95. The number of anilines is 1. The Labute approximate surface area is 197 Å². The van der Waals surface area contributed by atoms with Gasteiger partial charge in [-0.05, 0) is 61.6 Å². The maximum Gasteiger partial charge on any atom is 0.231 e. The predicted molar refractivity (Wildman–Crippen MR) is 132 cm³/mol. The van der Waals surface area contributed by atoms with Crippen molar-refractivity contribution in [2.75, 3.05) is 44.2 Å². The number of amides is 1. The maximum absolute atomic E-state index is 13.6. The van der Waals surface area contributed by atoms with E-state index in [0.29, 0.717) is 12.5 Å². The molecule has 2 unspecified atom stereocenters. The van der Waals surface area contributed by atoms with Gasteiger partial charge in [-0.3, -0.25) is 4.79 Å². The molecule has 3 aliphatic rings. The predicted octanol–water partition coefficient (Wildman–Crippen LogP) is 3.84. The first kappa shape index (κ1) is 22.3. The lowest BCUT2D eigenvalue weighted by Crippen LogP contribution is -2.51. The van der Waals surface area contributed by atoms with E-state index in [4.69, 9.17) is 0 Å². The van der Waals surface area contributed by atoms with Gasteiger partial charge in [0.2, 0.25) is 5.91 Å². The molecule has 0 bridgehead atoms. The Balaban J connectivity index is 1.27. The molecular formula is C27H37N5O. The lowest BCUT2D eigenvalue weighted by molar-refractivity contribution is -0.133. The van der Waals surface area contributed by atoms with Crippen LogP contribution in [-0.4, -0.2) is 60.0 Å². The maximum atomic E-state index is 13.6. The minimum Gasteiger partial charge on any atom is -0.353 e. The molecule has 1 aromatic carbocycles. The minimum atomic E-state index is -0.125. The van der Waals surface area contributed by atoms with Crippen molar-refractivity contribution in [1.82, 2.24) is 20.2 Å². The van der Waals surface area contributed by atoms with E-state index in [1.54, 1.807) is 6.33 Å². The smallest absolute Gasteiger partial charge is 0.231 e. The second-order valence-corrected chi connectivity index (χ2v) is 10.0. The summed E-state index contributed by atoms with van der Waals surface area (Å²) < 4.78 is 0. The van der Waals surface area contributed by atoms with Crippen LogP contribution in [0.1, 0.15) is 79.7 Å². The van der Waals surface area contributed by atoms with Gasteiger partial charge in [0.1, 0.15) is 12.1 Å². The highest BCUT2D eigenvalue weighted by Gasteiger charge is 2.32. The van der Waals surface area contributed by atoms with Gasteiger partial charge in [-0.15, -0.1) is 0 Å². The van der Waals surface area contributed by atoms with Gasteiger partial charge < -0.3 is 15.1 Å². The van der Waals surface area contributed by atoms with Crippen LogP contribution < -0.4 is 10.2 Å². The number of benzene rings is 1. The number of carbonyl (C=O) groups is 1. The van der Waals surface area contributed by atoms with Crippen molar-refractivity contribution in [3.8, 4) is 0 Å². The molecule has 176 valence electrons. The van der Waals surface area contributed by atoms with Gasteiger partial charge in [0, 0.05) is 44.0 Å². The third-order valence-corrected chi connectivity index (χ3v) is 7.60. The quantitative estimate of drug-likeness (QED) is 0.623. The summed E-state index contributed by atoms with van der Waals surface area (Å²) in [5, 5.41) is 3.50. The van der Waals surface area contributed by atoms with Crippen LogP contribution in [0.3, 0.4) is 0 Å². The summed E-state index contributed by atoms with van der Waals surface area (Å²) in [5.74, 6) is 2.47. The van der Waals surface area contributed by atoms with E-state index < -0.39 is 0 Å². The van der Waals surface area contributed by atoms with Crippen LogP contribution in [-0.2, 0) is 11.2 Å². The molecule has 5 rings (SSSR count). The van der Waals surface area contributed by atoms with Crippen molar-refractivity contribution in [2.24, 2.45) is 0 Å². The highest BCUT2D eigenvalue weighted by atomic mass is 16.2. The molecule has 1 amide bonds. The van der Waals surface area contributed by atoms with Gasteiger partial charge >= 0.3 is 0 Å². The molecule has 1 saturated heterocycles. The Morgan fingerprint density at radius 1 is 1.09 bits per heavy atom. The molecule has 33 heavy (non-hydrogen) atoms. The third kappa shape index (κ3) is 4.77. The monoisotopic (exact) mass is 447 g/mol. The molecule has 1 aliphatic heterocycles. The van der Waals surface area contributed by atoms with Crippen LogP contribution in [0.2, 0.25) is 0 Å². The molecule has 6 nitrogen and oxygen atoms in total. The number of rotatable bonds is 8. The first-order valence-corrected chi connectivity index (χ1v) is 12.8. The van der Waals surface area contributed by atoms with Crippen LogP contribution in [0.4, 0.5) is 5.82 Å². The first-order chi connectivity index (χ1) is 16.2. The molecule has 1 N–H and O–H groups in total. The number of fused-ring (bicyclic) bond motifs is 1. The molecule has 6 heteroatoms. The molecule has 2 fully saturated rings. The summed E-state index contributed by atoms with van der Waals surface area (Å²) in [6.07, 6.45) is 7.60. The Hall–Kier alpha value is -2.47. The summed E-state index contributed by atoms with van der Waals surface area (Å²) in [6.45, 7) is 9.24. The van der Waals surface area contributed by atoms with E-state index in [1.165, 1.54) is 29.7 Å². The molecule has 1 saturated carbocycles. The fraction of sp³-hybridized carbons (Fsp3) is 0.593. The van der Waals surface area contributed by atoms with Gasteiger partial charge in [-0.1, -0.05) is 38.1 Å². The van der Waals surface area contributed by atoms with E-state index in [2.05, 4.69) is 63.2 Å². The fourth-order valence-electron chi connectivity index (χ4n) is 5.42. The normalized spacial score (nSPS) is 21.2. The van der Waals surface area contributed by atoms with E-state index >= 15 is 0 Å². The Morgan fingerprint density at radius 3 is 2.55 bits per heavy atom. The highest BCUT2D eigenvalue weighted by Crippen LogP contribution is 2.40. The molecule has 0 spiro atoms. The van der Waals surface area contributed by atoms with Crippen molar-refractivity contribution < 1.29 is 4.79 Å². The molecule has 0 radical (unpaired) electrons. The van der Waals surface area contributed by atoms with Crippen molar-refractivity contribution in [3.63, 3.8) is 0 Å². The van der Waals surface area contributed by atoms with Crippen molar-refractivity contribution in [1.29, 1.82) is 0 Å². The number of hydrogen-bond donors (Lipinski definition) is 1. The van der Waals surface area contributed by atoms with E-state index in [0.717, 1.165) is 69.3 Å². The number of aromatic nitrogens is 2. The average Bonchev–Trinajstić information content (AvgIpc) is 3.64. The number of carbonyl (C=O) groups excluding carboxylic acids is 1. The molecular weight excluding hydrogens is 410 g/mol. The Kier molecular flexibility index (Phi) is 6.63. The number of nitrogens with one attached hydrogen (secondary N) is 1. The Morgan fingerprint density at radius 2 is 1.85 bits per heavy atom. The van der Waals surface area contributed by atoms with Crippen molar-refractivity contribution in [3.05, 3.63) is 53.0 Å². The summed E-state index contributed by atoms with van der Waals surface area (Å²) in [6, 6.07) is 8.85. The van der Waals surface area contributed by atoms with Crippen LogP contribution in [0.15, 0.2) is 30.6 Å².